The lowest BCUT2D eigenvalue weighted by Crippen LogP contribution is -2.42. The van der Waals surface area contributed by atoms with Gasteiger partial charge in [-0.3, -0.25) is 4.90 Å². The van der Waals surface area contributed by atoms with E-state index in [1.54, 1.807) is 0 Å². The standard InChI is InChI=1S/C9H17NO3/c1-5-2-3-6-8(12)9(13)7(4-11)10(5)6/h5-9,11-13H,2-4H2,1H3/t5-,6+,7-,8-,9-/m1/s1. The van der Waals surface area contributed by atoms with Crippen LogP contribution >= 0.6 is 0 Å². The molecule has 4 heteroatoms. The molecule has 2 aliphatic rings. The molecule has 0 aliphatic carbocycles. The van der Waals surface area contributed by atoms with E-state index in [0.29, 0.717) is 6.04 Å². The predicted molar refractivity (Wildman–Crippen MR) is 47.2 cm³/mol. The fraction of sp³-hybridized carbons (Fsp3) is 1.00. The first-order valence-corrected chi connectivity index (χ1v) is 4.91. The Morgan fingerprint density at radius 2 is 1.92 bits per heavy atom. The molecule has 2 aliphatic heterocycles. The van der Waals surface area contributed by atoms with Gasteiger partial charge in [-0.05, 0) is 19.8 Å². The first-order chi connectivity index (χ1) is 6.16. The van der Waals surface area contributed by atoms with Crippen LogP contribution in [-0.4, -0.2) is 57.2 Å². The molecule has 0 unspecified atom stereocenters. The van der Waals surface area contributed by atoms with Gasteiger partial charge in [-0.1, -0.05) is 0 Å². The molecule has 3 N–H and O–H groups in total. The lowest BCUT2D eigenvalue weighted by Gasteiger charge is -2.27. The minimum atomic E-state index is -0.780. The molecule has 5 atom stereocenters. The molecule has 0 radical (unpaired) electrons. The molecular formula is C9H17NO3. The van der Waals surface area contributed by atoms with E-state index >= 15 is 0 Å². The topological polar surface area (TPSA) is 63.9 Å². The van der Waals surface area contributed by atoms with E-state index in [9.17, 15) is 10.2 Å². The lowest BCUT2D eigenvalue weighted by molar-refractivity contribution is 0.0132. The van der Waals surface area contributed by atoms with Crippen LogP contribution < -0.4 is 0 Å². The zero-order valence-corrected chi connectivity index (χ0v) is 7.80. The Bertz CT molecular complexity index is 197. The number of aliphatic hydroxyl groups excluding tert-OH is 3. The Labute approximate surface area is 77.8 Å². The summed E-state index contributed by atoms with van der Waals surface area (Å²) in [5.41, 5.74) is 0. The van der Waals surface area contributed by atoms with E-state index in [2.05, 4.69) is 11.8 Å². The number of rotatable bonds is 1. The summed E-state index contributed by atoms with van der Waals surface area (Å²) >= 11 is 0. The van der Waals surface area contributed by atoms with Gasteiger partial charge in [0.2, 0.25) is 0 Å². The van der Waals surface area contributed by atoms with Crippen LogP contribution in [0.3, 0.4) is 0 Å². The largest absolute Gasteiger partial charge is 0.395 e. The van der Waals surface area contributed by atoms with Crippen LogP contribution in [0, 0.1) is 0 Å². The minimum Gasteiger partial charge on any atom is -0.395 e. The maximum Gasteiger partial charge on any atom is 0.0991 e. The number of aliphatic hydroxyl groups is 3. The monoisotopic (exact) mass is 187 g/mol. The van der Waals surface area contributed by atoms with Crippen molar-refractivity contribution in [3.05, 3.63) is 0 Å². The van der Waals surface area contributed by atoms with Gasteiger partial charge in [-0.25, -0.2) is 0 Å². The van der Waals surface area contributed by atoms with Crippen molar-refractivity contribution < 1.29 is 15.3 Å². The van der Waals surface area contributed by atoms with Gasteiger partial charge in [0.25, 0.3) is 0 Å². The van der Waals surface area contributed by atoms with Gasteiger partial charge in [-0.15, -0.1) is 0 Å². The molecule has 0 saturated carbocycles. The highest BCUT2D eigenvalue weighted by molar-refractivity contribution is 5.05. The third-order valence-electron chi connectivity index (χ3n) is 3.48. The highest BCUT2D eigenvalue weighted by atomic mass is 16.3. The maximum atomic E-state index is 9.68. The highest BCUT2D eigenvalue weighted by Gasteiger charge is 2.51. The van der Waals surface area contributed by atoms with Crippen LogP contribution in [0.25, 0.3) is 0 Å². The van der Waals surface area contributed by atoms with E-state index < -0.39 is 12.2 Å². The summed E-state index contributed by atoms with van der Waals surface area (Å²) in [4.78, 5) is 2.06. The van der Waals surface area contributed by atoms with Gasteiger partial charge in [0, 0.05) is 12.1 Å². The van der Waals surface area contributed by atoms with Crippen LogP contribution in [0.5, 0.6) is 0 Å². The predicted octanol–water partition coefficient (Wildman–Crippen LogP) is -1.06. The number of nitrogens with zero attached hydrogens (tertiary/aromatic N) is 1. The Balaban J connectivity index is 2.20. The second kappa shape index (κ2) is 3.20. The third-order valence-corrected chi connectivity index (χ3v) is 3.48. The highest BCUT2D eigenvalue weighted by Crippen LogP contribution is 2.36. The zero-order valence-electron chi connectivity index (χ0n) is 7.80. The van der Waals surface area contributed by atoms with Crippen LogP contribution in [-0.2, 0) is 0 Å². The van der Waals surface area contributed by atoms with Gasteiger partial charge < -0.3 is 15.3 Å². The summed E-state index contributed by atoms with van der Waals surface area (Å²) in [6.07, 6.45) is 0.515. The SMILES string of the molecule is C[C@@H]1CC[C@H]2[C@@H](O)[C@H](O)[C@@H](CO)N12. The van der Waals surface area contributed by atoms with Crippen molar-refractivity contribution >= 4 is 0 Å². The second-order valence-corrected chi connectivity index (χ2v) is 4.17. The quantitative estimate of drug-likeness (QED) is 0.489. The molecular weight excluding hydrogens is 170 g/mol. The van der Waals surface area contributed by atoms with Gasteiger partial charge in [0.15, 0.2) is 0 Å². The van der Waals surface area contributed by atoms with Gasteiger partial charge in [-0.2, -0.15) is 0 Å². The van der Waals surface area contributed by atoms with Crippen molar-refractivity contribution in [2.24, 2.45) is 0 Å². The molecule has 0 aromatic carbocycles. The summed E-state index contributed by atoms with van der Waals surface area (Å²) in [5, 5.41) is 28.4. The van der Waals surface area contributed by atoms with Crippen molar-refractivity contribution in [1.29, 1.82) is 0 Å². The summed E-state index contributed by atoms with van der Waals surface area (Å²) in [6.45, 7) is 2.01. The van der Waals surface area contributed by atoms with Crippen molar-refractivity contribution in [3.8, 4) is 0 Å². The van der Waals surface area contributed by atoms with Gasteiger partial charge >= 0.3 is 0 Å². The minimum absolute atomic E-state index is 0.0575. The molecule has 2 heterocycles. The van der Waals surface area contributed by atoms with E-state index in [-0.39, 0.29) is 18.7 Å². The average molecular weight is 187 g/mol. The van der Waals surface area contributed by atoms with Crippen molar-refractivity contribution in [1.82, 2.24) is 4.90 Å². The normalized spacial score (nSPS) is 51.2. The maximum absolute atomic E-state index is 9.68. The summed E-state index contributed by atoms with van der Waals surface area (Å²) in [7, 11) is 0. The first-order valence-electron chi connectivity index (χ1n) is 4.91. The molecule has 0 spiro atoms. The van der Waals surface area contributed by atoms with Crippen LogP contribution in [0.4, 0.5) is 0 Å². The van der Waals surface area contributed by atoms with Crippen LogP contribution in [0.1, 0.15) is 19.8 Å². The third kappa shape index (κ3) is 1.21. The molecule has 76 valence electrons. The molecule has 0 aromatic heterocycles. The molecule has 0 aromatic rings. The zero-order chi connectivity index (χ0) is 9.59. The number of hydrogen-bond acceptors (Lipinski definition) is 4. The molecule has 2 rings (SSSR count). The Morgan fingerprint density at radius 1 is 1.23 bits per heavy atom. The van der Waals surface area contributed by atoms with Crippen LogP contribution in [0.15, 0.2) is 0 Å². The van der Waals surface area contributed by atoms with Crippen molar-refractivity contribution in [3.63, 3.8) is 0 Å². The van der Waals surface area contributed by atoms with Gasteiger partial charge in [0.1, 0.15) is 0 Å². The fourth-order valence-electron chi connectivity index (χ4n) is 2.79. The Morgan fingerprint density at radius 3 is 2.54 bits per heavy atom. The van der Waals surface area contributed by atoms with Gasteiger partial charge in [0.05, 0.1) is 24.9 Å². The molecule has 13 heavy (non-hydrogen) atoms. The summed E-state index contributed by atoms with van der Waals surface area (Å²) in [6, 6.07) is 0.161. The Hall–Kier alpha value is -0.160. The molecule has 0 amide bonds. The molecule has 0 bridgehead atoms. The smallest absolute Gasteiger partial charge is 0.0991 e. The Kier molecular flexibility index (Phi) is 2.32. The van der Waals surface area contributed by atoms with Crippen LogP contribution in [0.2, 0.25) is 0 Å². The van der Waals surface area contributed by atoms with E-state index in [0.717, 1.165) is 12.8 Å². The average Bonchev–Trinajstić information content (AvgIpc) is 2.58. The van der Waals surface area contributed by atoms with E-state index in [1.165, 1.54) is 0 Å². The summed E-state index contributed by atoms with van der Waals surface area (Å²) in [5.74, 6) is 0. The summed E-state index contributed by atoms with van der Waals surface area (Å²) < 4.78 is 0. The van der Waals surface area contributed by atoms with Crippen molar-refractivity contribution in [2.75, 3.05) is 6.61 Å². The molecule has 2 fully saturated rings. The number of fused-ring (bicyclic) bond motifs is 1. The van der Waals surface area contributed by atoms with Crippen molar-refractivity contribution in [2.45, 2.75) is 50.1 Å². The first kappa shape index (κ1) is 9.40. The number of hydrogen-bond donors (Lipinski definition) is 3. The molecule has 4 nitrogen and oxygen atoms in total. The fourth-order valence-corrected chi connectivity index (χ4v) is 2.79. The second-order valence-electron chi connectivity index (χ2n) is 4.17. The van der Waals surface area contributed by atoms with E-state index in [1.807, 2.05) is 0 Å². The molecule has 2 saturated heterocycles. The lowest BCUT2D eigenvalue weighted by atomic mass is 10.0. The van der Waals surface area contributed by atoms with E-state index in [4.69, 9.17) is 5.11 Å².